The second kappa shape index (κ2) is 7.24. The molecule has 2 heterocycles. The van der Waals surface area contributed by atoms with Crippen LogP contribution in [0.25, 0.3) is 0 Å². The summed E-state index contributed by atoms with van der Waals surface area (Å²) < 4.78 is 11.4. The molecule has 4 rings (SSSR count). The largest absolute Gasteiger partial charge is 0.486 e. The Morgan fingerprint density at radius 1 is 1.12 bits per heavy atom. The Bertz CT molecular complexity index is 619. The van der Waals surface area contributed by atoms with Gasteiger partial charge in [-0.05, 0) is 49.9 Å². The van der Waals surface area contributed by atoms with E-state index in [2.05, 4.69) is 22.8 Å². The van der Waals surface area contributed by atoms with Gasteiger partial charge < -0.3 is 20.1 Å². The summed E-state index contributed by atoms with van der Waals surface area (Å²) >= 11 is 0. The lowest BCUT2D eigenvalue weighted by molar-refractivity contribution is -0.123. The highest BCUT2D eigenvalue weighted by Gasteiger charge is 2.37. The smallest absolute Gasteiger partial charge is 0.237 e. The van der Waals surface area contributed by atoms with E-state index < -0.39 is 0 Å². The maximum Gasteiger partial charge on any atom is 0.237 e. The number of carbonyl (C=O) groups excluding carboxylic acids is 1. The van der Waals surface area contributed by atoms with Gasteiger partial charge in [0.25, 0.3) is 0 Å². The number of hydrogen-bond acceptors (Lipinski definition) is 4. The van der Waals surface area contributed by atoms with Gasteiger partial charge in [0, 0.05) is 12.0 Å². The van der Waals surface area contributed by atoms with Crippen molar-refractivity contribution in [1.82, 2.24) is 10.6 Å². The molecule has 2 fully saturated rings. The number of carbonyl (C=O) groups is 1. The van der Waals surface area contributed by atoms with Crippen molar-refractivity contribution in [2.45, 2.75) is 56.4 Å². The topological polar surface area (TPSA) is 59.6 Å². The van der Waals surface area contributed by atoms with Crippen LogP contribution in [0.4, 0.5) is 0 Å². The summed E-state index contributed by atoms with van der Waals surface area (Å²) in [5.74, 6) is 1.83. The number of benzene rings is 1. The molecule has 5 nitrogen and oxygen atoms in total. The summed E-state index contributed by atoms with van der Waals surface area (Å²) in [4.78, 5) is 12.5. The van der Waals surface area contributed by atoms with Crippen LogP contribution in [-0.2, 0) is 10.2 Å². The lowest BCUT2D eigenvalue weighted by atomic mass is 9.78. The molecule has 1 aliphatic carbocycles. The molecule has 1 aromatic rings. The number of nitrogens with one attached hydrogen (secondary N) is 2. The first-order chi connectivity index (χ1) is 12.3. The highest BCUT2D eigenvalue weighted by molar-refractivity contribution is 5.82. The monoisotopic (exact) mass is 344 g/mol. The van der Waals surface area contributed by atoms with Crippen molar-refractivity contribution in [3.05, 3.63) is 23.8 Å². The number of rotatable bonds is 4. The van der Waals surface area contributed by atoms with Crippen LogP contribution in [0.3, 0.4) is 0 Å². The fraction of sp³-hybridized carbons (Fsp3) is 0.650. The summed E-state index contributed by atoms with van der Waals surface area (Å²) in [6.45, 7) is 2.88. The van der Waals surface area contributed by atoms with Crippen molar-refractivity contribution in [2.24, 2.45) is 0 Å². The van der Waals surface area contributed by atoms with Crippen LogP contribution in [0.1, 0.15) is 50.5 Å². The van der Waals surface area contributed by atoms with E-state index in [1.54, 1.807) is 0 Å². The predicted molar refractivity (Wildman–Crippen MR) is 96.2 cm³/mol. The minimum Gasteiger partial charge on any atom is -0.486 e. The van der Waals surface area contributed by atoms with E-state index in [1.807, 2.05) is 6.07 Å². The molecule has 1 saturated heterocycles. The highest BCUT2D eigenvalue weighted by atomic mass is 16.6. The number of piperidine rings is 1. The quantitative estimate of drug-likeness (QED) is 0.881. The average Bonchev–Trinajstić information content (AvgIpc) is 3.16. The van der Waals surface area contributed by atoms with Crippen molar-refractivity contribution >= 4 is 5.91 Å². The molecule has 1 atom stereocenters. The molecule has 1 saturated carbocycles. The summed E-state index contributed by atoms with van der Waals surface area (Å²) in [6.07, 6.45) is 7.92. The first kappa shape index (κ1) is 16.7. The summed E-state index contributed by atoms with van der Waals surface area (Å²) in [7, 11) is 0. The third-order valence-corrected chi connectivity index (χ3v) is 5.94. The van der Waals surface area contributed by atoms with Gasteiger partial charge in [-0.1, -0.05) is 25.3 Å². The minimum absolute atomic E-state index is 0.0209. The molecule has 1 aromatic carbocycles. The van der Waals surface area contributed by atoms with E-state index in [-0.39, 0.29) is 17.4 Å². The summed E-state index contributed by atoms with van der Waals surface area (Å²) in [6, 6.07) is 6.29. The Balaban J connectivity index is 1.48. The molecule has 0 radical (unpaired) electrons. The molecular formula is C20H28N2O3. The number of hydrogen-bond donors (Lipinski definition) is 2. The molecule has 1 amide bonds. The minimum atomic E-state index is -0.0209. The number of ether oxygens (including phenoxy) is 2. The fourth-order valence-electron chi connectivity index (χ4n) is 4.45. The molecule has 2 N–H and O–H groups in total. The maximum absolute atomic E-state index is 12.5. The second-order valence-corrected chi connectivity index (χ2v) is 7.57. The van der Waals surface area contributed by atoms with Crippen LogP contribution in [-0.4, -0.2) is 38.3 Å². The molecule has 1 unspecified atom stereocenters. The van der Waals surface area contributed by atoms with Crippen LogP contribution in [0.15, 0.2) is 18.2 Å². The van der Waals surface area contributed by atoms with Gasteiger partial charge in [-0.2, -0.15) is 0 Å². The van der Waals surface area contributed by atoms with Crippen LogP contribution in [0.5, 0.6) is 11.5 Å². The van der Waals surface area contributed by atoms with Crippen LogP contribution in [0.2, 0.25) is 0 Å². The Hall–Kier alpha value is -1.75. The van der Waals surface area contributed by atoms with Crippen LogP contribution in [0, 0.1) is 0 Å². The molecule has 25 heavy (non-hydrogen) atoms. The van der Waals surface area contributed by atoms with Crippen molar-refractivity contribution in [3.8, 4) is 11.5 Å². The lowest BCUT2D eigenvalue weighted by Crippen LogP contribution is -2.49. The molecule has 0 bridgehead atoms. The zero-order valence-electron chi connectivity index (χ0n) is 14.8. The maximum atomic E-state index is 12.5. The van der Waals surface area contributed by atoms with Crippen molar-refractivity contribution < 1.29 is 14.3 Å². The molecular weight excluding hydrogens is 316 g/mol. The van der Waals surface area contributed by atoms with Gasteiger partial charge in [-0.25, -0.2) is 0 Å². The zero-order valence-corrected chi connectivity index (χ0v) is 14.8. The van der Waals surface area contributed by atoms with Crippen LogP contribution >= 0.6 is 0 Å². The molecule has 2 aliphatic heterocycles. The van der Waals surface area contributed by atoms with Crippen molar-refractivity contribution in [3.63, 3.8) is 0 Å². The van der Waals surface area contributed by atoms with E-state index in [4.69, 9.17) is 9.47 Å². The molecule has 0 spiro atoms. The standard InChI is InChI=1S/C20H28N2O3/c23-19(16-5-1-4-10-21-16)22-14-20(8-2-3-9-20)15-6-7-17-18(13-15)25-12-11-24-17/h6-7,13,16,21H,1-5,8-12,14H2,(H,22,23). The summed E-state index contributed by atoms with van der Waals surface area (Å²) in [5.41, 5.74) is 1.30. The van der Waals surface area contributed by atoms with E-state index in [9.17, 15) is 4.79 Å². The lowest BCUT2D eigenvalue weighted by Gasteiger charge is -2.32. The predicted octanol–water partition coefficient (Wildman–Crippen LogP) is 2.53. The Morgan fingerprint density at radius 3 is 2.68 bits per heavy atom. The number of amides is 1. The average molecular weight is 344 g/mol. The molecule has 0 aromatic heterocycles. The summed E-state index contributed by atoms with van der Waals surface area (Å²) in [5, 5.41) is 6.58. The van der Waals surface area contributed by atoms with Gasteiger partial charge in [0.15, 0.2) is 11.5 Å². The van der Waals surface area contributed by atoms with Gasteiger partial charge >= 0.3 is 0 Å². The van der Waals surface area contributed by atoms with E-state index in [1.165, 1.54) is 24.8 Å². The number of fused-ring (bicyclic) bond motifs is 1. The molecule has 136 valence electrons. The third kappa shape index (κ3) is 3.47. The van der Waals surface area contributed by atoms with E-state index in [0.717, 1.165) is 43.7 Å². The van der Waals surface area contributed by atoms with E-state index in [0.29, 0.717) is 19.8 Å². The Morgan fingerprint density at radius 2 is 1.92 bits per heavy atom. The second-order valence-electron chi connectivity index (χ2n) is 7.57. The highest BCUT2D eigenvalue weighted by Crippen LogP contribution is 2.43. The van der Waals surface area contributed by atoms with Crippen LogP contribution < -0.4 is 20.1 Å². The Kier molecular flexibility index (Phi) is 4.84. The Labute approximate surface area is 149 Å². The van der Waals surface area contributed by atoms with Gasteiger partial charge in [0.05, 0.1) is 6.04 Å². The zero-order chi connectivity index (χ0) is 17.1. The van der Waals surface area contributed by atoms with Gasteiger partial charge in [-0.3, -0.25) is 4.79 Å². The first-order valence-corrected chi connectivity index (χ1v) is 9.68. The SMILES string of the molecule is O=C(NCC1(c2ccc3c(c2)OCCO3)CCCC1)C1CCCCN1. The van der Waals surface area contributed by atoms with E-state index >= 15 is 0 Å². The third-order valence-electron chi connectivity index (χ3n) is 5.94. The van der Waals surface area contributed by atoms with Gasteiger partial charge in [-0.15, -0.1) is 0 Å². The molecule has 3 aliphatic rings. The fourth-order valence-corrected chi connectivity index (χ4v) is 4.45. The van der Waals surface area contributed by atoms with Gasteiger partial charge in [0.1, 0.15) is 13.2 Å². The van der Waals surface area contributed by atoms with Gasteiger partial charge in [0.2, 0.25) is 5.91 Å². The van der Waals surface area contributed by atoms with Crippen molar-refractivity contribution in [2.75, 3.05) is 26.3 Å². The van der Waals surface area contributed by atoms with Crippen molar-refractivity contribution in [1.29, 1.82) is 0 Å². The molecule has 5 heteroatoms. The first-order valence-electron chi connectivity index (χ1n) is 9.68. The normalized spacial score (nSPS) is 24.7.